The summed E-state index contributed by atoms with van der Waals surface area (Å²) in [5.41, 5.74) is 5.11. The van der Waals surface area contributed by atoms with Crippen LogP contribution in [0, 0.1) is 0 Å². The van der Waals surface area contributed by atoms with Gasteiger partial charge in [0.05, 0.1) is 0 Å². The van der Waals surface area contributed by atoms with Crippen molar-refractivity contribution in [2.75, 3.05) is 18.3 Å². The minimum Gasteiger partial charge on any atom is -0.376 e. The summed E-state index contributed by atoms with van der Waals surface area (Å²) in [5.74, 6) is 0. The third-order valence-electron chi connectivity index (χ3n) is 5.02. The molecule has 0 unspecified atom stereocenters. The summed E-state index contributed by atoms with van der Waals surface area (Å²) in [6.45, 7) is 0.819. The van der Waals surface area contributed by atoms with Gasteiger partial charge in [0.25, 0.3) is 10.0 Å². The first-order valence-corrected chi connectivity index (χ1v) is 11.7. The molecular weight excluding hydrogens is 428 g/mol. The first-order valence-electron chi connectivity index (χ1n) is 8.98. The molecule has 148 valence electrons. The van der Waals surface area contributed by atoms with Gasteiger partial charge in [0.2, 0.25) is 0 Å². The number of nitrogens with one attached hydrogen (secondary N) is 1. The highest BCUT2D eigenvalue weighted by Crippen LogP contribution is 2.36. The second-order valence-corrected chi connectivity index (χ2v) is 9.84. The summed E-state index contributed by atoms with van der Waals surface area (Å²) in [4.78, 5) is 6.78. The highest BCUT2D eigenvalue weighted by Gasteiger charge is 2.26. The van der Waals surface area contributed by atoms with Gasteiger partial charge in [0, 0.05) is 30.9 Å². The Morgan fingerprint density at radius 3 is 3.00 bits per heavy atom. The molecule has 0 saturated carbocycles. The van der Waals surface area contributed by atoms with Gasteiger partial charge in [0.1, 0.15) is 0 Å². The maximum Gasteiger partial charge on any atom is 0.281 e. The smallest absolute Gasteiger partial charge is 0.281 e. The second kappa shape index (κ2) is 6.76. The van der Waals surface area contributed by atoms with Gasteiger partial charge in [-0.2, -0.15) is 8.42 Å². The van der Waals surface area contributed by atoms with Crippen molar-refractivity contribution in [1.82, 2.24) is 14.3 Å². The van der Waals surface area contributed by atoms with Crippen LogP contribution in [0.15, 0.2) is 64.8 Å². The van der Waals surface area contributed by atoms with E-state index >= 15 is 0 Å². The molecule has 5 rings (SSSR count). The average molecular weight is 445 g/mol. The van der Waals surface area contributed by atoms with E-state index in [1.54, 1.807) is 17.6 Å². The van der Waals surface area contributed by atoms with Crippen LogP contribution in [-0.4, -0.2) is 36.3 Å². The van der Waals surface area contributed by atoms with Gasteiger partial charge in [0.15, 0.2) is 15.1 Å². The maximum atomic E-state index is 13.0. The molecule has 0 fully saturated rings. The standard InChI is InChI=1S/C20H17ClN4O2S2/c1-24-8-2-3-14(12-24)16-7-5-13-4-6-15(11-17(13)16)23-29(26,27)19-18(21)22-20-25(19)9-10-28-20/h2-4,6-11,23H,5,12H2,1H3. The van der Waals surface area contributed by atoms with Crippen LogP contribution >= 0.6 is 22.9 Å². The van der Waals surface area contributed by atoms with Crippen molar-refractivity contribution in [2.24, 2.45) is 0 Å². The Bertz CT molecular complexity index is 1330. The Morgan fingerprint density at radius 1 is 1.31 bits per heavy atom. The molecule has 2 aromatic heterocycles. The molecular formula is C20H17ClN4O2S2. The third-order valence-corrected chi connectivity index (χ3v) is 7.55. The number of imidazole rings is 1. The van der Waals surface area contributed by atoms with Gasteiger partial charge in [-0.1, -0.05) is 29.8 Å². The highest BCUT2D eigenvalue weighted by atomic mass is 35.5. The molecule has 9 heteroatoms. The van der Waals surface area contributed by atoms with Crippen molar-refractivity contribution in [1.29, 1.82) is 0 Å². The molecule has 1 N–H and O–H groups in total. The molecule has 3 aromatic rings. The number of anilines is 1. The van der Waals surface area contributed by atoms with Crippen molar-refractivity contribution in [3.05, 3.63) is 76.1 Å². The van der Waals surface area contributed by atoms with Crippen molar-refractivity contribution >= 4 is 49.2 Å². The fraction of sp³-hybridized carbons (Fsp3) is 0.150. The highest BCUT2D eigenvalue weighted by molar-refractivity contribution is 7.92. The Labute approximate surface area is 177 Å². The van der Waals surface area contributed by atoms with Gasteiger partial charge in [-0.25, -0.2) is 4.98 Å². The number of hydrogen-bond donors (Lipinski definition) is 1. The van der Waals surface area contributed by atoms with Crippen molar-refractivity contribution in [3.8, 4) is 0 Å². The van der Waals surface area contributed by atoms with E-state index in [4.69, 9.17) is 11.6 Å². The summed E-state index contributed by atoms with van der Waals surface area (Å²) in [7, 11) is -1.86. The van der Waals surface area contributed by atoms with E-state index in [1.807, 2.05) is 31.5 Å². The minimum atomic E-state index is -3.89. The zero-order valence-electron chi connectivity index (χ0n) is 15.5. The largest absolute Gasteiger partial charge is 0.376 e. The molecule has 0 amide bonds. The van der Waals surface area contributed by atoms with Crippen LogP contribution in [0.5, 0.6) is 0 Å². The Kier molecular flexibility index (Phi) is 4.31. The number of rotatable bonds is 4. The number of thiazole rings is 1. The van der Waals surface area contributed by atoms with Crippen LogP contribution in [0.2, 0.25) is 5.15 Å². The molecule has 6 nitrogen and oxygen atoms in total. The fourth-order valence-electron chi connectivity index (χ4n) is 3.73. The summed E-state index contributed by atoms with van der Waals surface area (Å²) in [6, 6.07) is 5.65. The zero-order valence-corrected chi connectivity index (χ0v) is 17.9. The van der Waals surface area contributed by atoms with Crippen molar-refractivity contribution in [3.63, 3.8) is 0 Å². The van der Waals surface area contributed by atoms with E-state index in [9.17, 15) is 8.42 Å². The number of fused-ring (bicyclic) bond motifs is 2. The maximum absolute atomic E-state index is 13.0. The lowest BCUT2D eigenvalue weighted by Gasteiger charge is -2.21. The number of benzene rings is 1. The molecule has 1 aromatic carbocycles. The lowest BCUT2D eigenvalue weighted by atomic mass is 9.97. The molecule has 0 radical (unpaired) electrons. The lowest BCUT2D eigenvalue weighted by Crippen LogP contribution is -2.17. The molecule has 0 spiro atoms. The number of nitrogens with zero attached hydrogens (tertiary/aromatic N) is 3. The number of hydrogen-bond acceptors (Lipinski definition) is 5. The molecule has 0 bridgehead atoms. The Balaban J connectivity index is 1.50. The van der Waals surface area contributed by atoms with E-state index in [0.717, 1.165) is 24.1 Å². The number of allylic oxidation sites excluding steroid dienone is 3. The van der Waals surface area contributed by atoms with Crippen LogP contribution in [0.1, 0.15) is 11.1 Å². The van der Waals surface area contributed by atoms with E-state index in [-0.39, 0.29) is 10.2 Å². The lowest BCUT2D eigenvalue weighted by molar-refractivity contribution is 0.497. The van der Waals surface area contributed by atoms with Crippen LogP contribution in [-0.2, 0) is 16.4 Å². The van der Waals surface area contributed by atoms with Gasteiger partial charge < -0.3 is 4.90 Å². The Hall–Kier alpha value is -2.55. The quantitative estimate of drug-likeness (QED) is 0.655. The van der Waals surface area contributed by atoms with Crippen molar-refractivity contribution in [2.45, 2.75) is 11.4 Å². The number of likely N-dealkylation sites (N-methyl/N-ethyl adjacent to an activating group) is 1. The van der Waals surface area contributed by atoms with E-state index < -0.39 is 10.0 Å². The van der Waals surface area contributed by atoms with E-state index in [2.05, 4.69) is 26.8 Å². The van der Waals surface area contributed by atoms with Crippen molar-refractivity contribution < 1.29 is 8.42 Å². The molecule has 2 aliphatic rings. The SMILES string of the molecule is CN1C=CC=C(C2=CCc3ccc(NS(=O)(=O)c4c(Cl)nc5sccn45)cc32)C1. The predicted molar refractivity (Wildman–Crippen MR) is 117 cm³/mol. The summed E-state index contributed by atoms with van der Waals surface area (Å²) in [5, 5.41) is 1.69. The zero-order chi connectivity index (χ0) is 20.2. The average Bonchev–Trinajstić information content (AvgIpc) is 3.34. The van der Waals surface area contributed by atoms with Gasteiger partial charge in [-0.05, 0) is 53.1 Å². The van der Waals surface area contributed by atoms with Crippen LogP contribution in [0.4, 0.5) is 5.69 Å². The summed E-state index contributed by atoms with van der Waals surface area (Å²) in [6.07, 6.45) is 10.9. The monoisotopic (exact) mass is 444 g/mol. The summed E-state index contributed by atoms with van der Waals surface area (Å²) >= 11 is 7.45. The van der Waals surface area contributed by atoms with Gasteiger partial charge >= 0.3 is 0 Å². The van der Waals surface area contributed by atoms with Gasteiger partial charge in [-0.15, -0.1) is 11.3 Å². The first kappa shape index (κ1) is 18.5. The third kappa shape index (κ3) is 3.17. The fourth-order valence-corrected chi connectivity index (χ4v) is 6.24. The molecule has 1 aliphatic carbocycles. The number of halogens is 1. The van der Waals surface area contributed by atoms with Crippen LogP contribution < -0.4 is 4.72 Å². The predicted octanol–water partition coefficient (Wildman–Crippen LogP) is 4.18. The molecule has 3 heterocycles. The molecule has 29 heavy (non-hydrogen) atoms. The number of aromatic nitrogens is 2. The molecule has 0 saturated heterocycles. The number of sulfonamides is 1. The normalized spacial score (nSPS) is 16.1. The van der Waals surface area contributed by atoms with Gasteiger partial charge in [-0.3, -0.25) is 9.12 Å². The second-order valence-electron chi connectivity index (χ2n) is 7.01. The van der Waals surface area contributed by atoms with Crippen LogP contribution in [0.3, 0.4) is 0 Å². The topological polar surface area (TPSA) is 66.7 Å². The molecule has 1 aliphatic heterocycles. The molecule has 0 atom stereocenters. The first-order chi connectivity index (χ1) is 13.9. The van der Waals surface area contributed by atoms with E-state index in [0.29, 0.717) is 10.6 Å². The van der Waals surface area contributed by atoms with E-state index in [1.165, 1.54) is 26.9 Å². The Morgan fingerprint density at radius 2 is 2.17 bits per heavy atom. The summed E-state index contributed by atoms with van der Waals surface area (Å²) < 4.78 is 30.2. The van der Waals surface area contributed by atoms with Crippen LogP contribution in [0.25, 0.3) is 10.5 Å². The minimum absolute atomic E-state index is 0.0340.